The molecular weight excluding hydrogens is 1550 g/mol. The average Bonchev–Trinajstić information content (AvgIpc) is 1.65. The summed E-state index contributed by atoms with van der Waals surface area (Å²) in [5, 5.41) is 21.7. The highest BCUT2D eigenvalue weighted by atomic mass is 35.5. The third-order valence-electron chi connectivity index (χ3n) is 17.8. The summed E-state index contributed by atoms with van der Waals surface area (Å²) in [5.41, 5.74) is 41.0. The first-order chi connectivity index (χ1) is 54.3. The summed E-state index contributed by atoms with van der Waals surface area (Å²) in [6.45, 7) is 19.2. The molecule has 113 heavy (non-hydrogen) atoms. The number of aromatic nitrogens is 16. The highest BCUT2D eigenvalue weighted by Crippen LogP contribution is 2.33. The van der Waals surface area contributed by atoms with Gasteiger partial charge in [0.25, 0.3) is 0 Å². The minimum absolute atomic E-state index is 0.0288. The van der Waals surface area contributed by atoms with E-state index in [0.717, 1.165) is 147 Å². The molecule has 15 aromatic heterocycles. The van der Waals surface area contributed by atoms with Crippen LogP contribution in [0, 0.1) is 5.41 Å². The van der Waals surface area contributed by atoms with Gasteiger partial charge in [0.1, 0.15) is 80.9 Å². The maximum Gasteiger partial charge on any atom is 0.226 e. The standard InChI is InChI=1S/C18H24ClN5O.C17H22ClN5O.C15H18ClN5O.C14H16ClN5O.C13H15ClN6O/c1-3-4-7-13-14(9-11(2)20)22-17-15(13)16(23-18(19)24-17)21-10-12-6-5-8-25-12;1-17(2,3)13(19)8-10-7-12-14(20-9-11-5-4-6-24-11)22-16(18)23-15(12)21-10;1-2-9(17)6-10-7-12-13(18-8-11-4-3-5-22-11)20-15(16)21-14(12)19-10;1-8(16)4-10-5-11-12(17-6-9-2-3-21-7-9)19-14(15)20-13(11)18-10;1-7(15)4-8-5-9-11(17-6-10-16-2-3-21-10)19-13(14)20-12(9)18-8/h5-6,8,11H,3-4,7,9-10,20H2,1-2H3,(H2,21,22,23,24);4-7,13H,8-9,19H2,1-3H3,(H2,20,21,22,23);3-5,7,9H,2,6,8,17H2,1H3,(H2,18,19,20,21);2-3,5,7-8H,4,6,16H2,1H3,(H2,17,18,19,20);2-3,5,7H,4,6,15H2,1H3,(H2,17,18,19,20)/t11-;13-;9-;8-;7-/m01000/s1. The summed E-state index contributed by atoms with van der Waals surface area (Å²) in [6.07, 6.45) is 19.2. The zero-order valence-corrected chi connectivity index (χ0v) is 67.7. The highest BCUT2D eigenvalue weighted by molar-refractivity contribution is 6.30. The SMILES string of the molecule is CC(C)(C)[C@H](N)Cc1cc2c(NCc3ccco3)nc(Cl)nc2[nH]1.CCCCc1c(C[C@H](C)N)[nH]c2nc(Cl)nc(NCc3ccco3)c12.CC[C@H](N)Cc1cc2c(NCc3ccco3)nc(Cl)nc2[nH]1.C[C@H](N)Cc1cc2c(NCc3ccoc3)nc(Cl)nc2[nH]1.C[C@H](N)Cc1cc2c(NCc3ncco3)nc(Cl)nc2[nH]1. The summed E-state index contributed by atoms with van der Waals surface area (Å²) in [7, 11) is 0. The van der Waals surface area contributed by atoms with Crippen LogP contribution in [-0.2, 0) is 71.2 Å². The molecule has 15 aromatic rings. The second-order valence-electron chi connectivity index (χ2n) is 28.5. The van der Waals surface area contributed by atoms with E-state index in [2.05, 4.69) is 141 Å². The molecule has 15 rings (SSSR count). The number of unbranched alkanes of at least 4 members (excludes halogenated alkanes) is 1. The molecule has 0 saturated carbocycles. The number of fused-ring (bicyclic) bond motifs is 5. The lowest BCUT2D eigenvalue weighted by Crippen LogP contribution is -2.36. The average molecular weight is 1640 g/mol. The minimum atomic E-state index is 0.0288. The van der Waals surface area contributed by atoms with Gasteiger partial charge in [-0.3, -0.25) is 0 Å². The van der Waals surface area contributed by atoms with Gasteiger partial charge in [-0.25, -0.2) is 29.9 Å². The number of aryl methyl sites for hydroxylation is 1. The minimum Gasteiger partial charge on any atom is -0.472 e. The van der Waals surface area contributed by atoms with Gasteiger partial charge in [0, 0.05) is 103 Å². The highest BCUT2D eigenvalue weighted by Gasteiger charge is 2.24. The Kier molecular flexibility index (Phi) is 29.2. The molecule has 0 spiro atoms. The van der Waals surface area contributed by atoms with Gasteiger partial charge in [0.2, 0.25) is 32.3 Å². The van der Waals surface area contributed by atoms with Crippen molar-refractivity contribution >= 4 is 142 Å². The predicted molar refractivity (Wildman–Crippen MR) is 446 cm³/mol. The Labute approximate surface area is 676 Å². The van der Waals surface area contributed by atoms with Crippen molar-refractivity contribution in [1.29, 1.82) is 0 Å². The molecule has 0 fully saturated rings. The maximum atomic E-state index is 6.29. The largest absolute Gasteiger partial charge is 0.472 e. The Bertz CT molecular complexity index is 5290. The zero-order valence-electron chi connectivity index (χ0n) is 63.9. The molecule has 0 radical (unpaired) electrons. The lowest BCUT2D eigenvalue weighted by Gasteiger charge is -2.26. The number of nitrogens with two attached hydrogens (primary N) is 5. The molecular formula is C77H95Cl5N26O5. The number of rotatable bonds is 29. The van der Waals surface area contributed by atoms with E-state index in [1.54, 1.807) is 37.5 Å². The van der Waals surface area contributed by atoms with Crippen molar-refractivity contribution in [3.63, 3.8) is 0 Å². The molecule has 5 atom stereocenters. The van der Waals surface area contributed by atoms with Crippen LogP contribution in [0.4, 0.5) is 29.1 Å². The number of hydrogen-bond donors (Lipinski definition) is 15. The van der Waals surface area contributed by atoms with Crippen molar-refractivity contribution < 1.29 is 22.1 Å². The van der Waals surface area contributed by atoms with E-state index < -0.39 is 0 Å². The van der Waals surface area contributed by atoms with Crippen molar-refractivity contribution in [3.8, 4) is 0 Å². The number of hydrogen-bond acceptors (Lipinski definition) is 26. The Hall–Kier alpha value is -10.3. The third kappa shape index (κ3) is 23.9. The van der Waals surface area contributed by atoms with Gasteiger partial charge >= 0.3 is 0 Å². The Morgan fingerprint density at radius 2 is 0.850 bits per heavy atom. The van der Waals surface area contributed by atoms with Gasteiger partial charge in [-0.1, -0.05) is 41.0 Å². The number of aromatic amines is 5. The van der Waals surface area contributed by atoms with Crippen LogP contribution in [0.25, 0.3) is 55.2 Å². The third-order valence-corrected chi connectivity index (χ3v) is 18.6. The van der Waals surface area contributed by atoms with Crippen molar-refractivity contribution in [2.24, 2.45) is 34.1 Å². The van der Waals surface area contributed by atoms with Gasteiger partial charge in [-0.05, 0) is 176 Å². The van der Waals surface area contributed by atoms with Crippen LogP contribution in [0.2, 0.25) is 26.4 Å². The molecule has 0 unspecified atom stereocenters. The quantitative estimate of drug-likeness (QED) is 0.0194. The van der Waals surface area contributed by atoms with Crippen molar-refractivity contribution in [2.75, 3.05) is 26.6 Å². The number of nitrogens with one attached hydrogen (secondary N) is 10. The molecule has 31 nitrogen and oxygen atoms in total. The number of halogens is 5. The second kappa shape index (κ2) is 39.4. The molecule has 0 aliphatic heterocycles. The van der Waals surface area contributed by atoms with Crippen molar-refractivity contribution in [3.05, 3.63) is 200 Å². The van der Waals surface area contributed by atoms with Crippen LogP contribution in [0.1, 0.15) is 137 Å². The number of nitrogens with zero attached hydrogens (tertiary/aromatic N) is 11. The van der Waals surface area contributed by atoms with E-state index >= 15 is 0 Å². The lowest BCUT2D eigenvalue weighted by molar-refractivity contribution is 0.317. The normalized spacial score (nSPS) is 12.8. The van der Waals surface area contributed by atoms with Crippen molar-refractivity contribution in [1.82, 2.24) is 79.7 Å². The molecule has 0 saturated heterocycles. The summed E-state index contributed by atoms with van der Waals surface area (Å²) in [5.74, 6) is 6.47. The summed E-state index contributed by atoms with van der Waals surface area (Å²) in [6, 6.07) is 21.6. The molecule has 0 amide bonds. The fraction of sp³-hybridized carbons (Fsp3) is 0.364. The molecule has 0 aliphatic rings. The molecule has 598 valence electrons. The number of anilines is 5. The molecule has 0 aliphatic carbocycles. The van der Waals surface area contributed by atoms with E-state index in [4.69, 9.17) is 109 Å². The number of oxazole rings is 1. The predicted octanol–water partition coefficient (Wildman–Crippen LogP) is 15.7. The Morgan fingerprint density at radius 1 is 0.442 bits per heavy atom. The van der Waals surface area contributed by atoms with E-state index in [9.17, 15) is 0 Å². The Balaban J connectivity index is 0.000000140. The smallest absolute Gasteiger partial charge is 0.226 e. The summed E-state index contributed by atoms with van der Waals surface area (Å²) >= 11 is 30.1. The van der Waals surface area contributed by atoms with Crippen molar-refractivity contribution in [2.45, 2.75) is 176 Å². The summed E-state index contributed by atoms with van der Waals surface area (Å²) in [4.78, 5) is 63.1. The van der Waals surface area contributed by atoms with Crippen LogP contribution < -0.4 is 55.3 Å². The van der Waals surface area contributed by atoms with E-state index in [1.165, 1.54) is 11.8 Å². The summed E-state index contributed by atoms with van der Waals surface area (Å²) < 4.78 is 26.2. The molecule has 15 heterocycles. The first-order valence-electron chi connectivity index (χ1n) is 37.0. The van der Waals surface area contributed by atoms with Gasteiger partial charge in [-0.2, -0.15) is 24.9 Å². The van der Waals surface area contributed by atoms with Gasteiger partial charge in [-0.15, -0.1) is 0 Å². The van der Waals surface area contributed by atoms with Gasteiger partial charge < -0.3 is 102 Å². The van der Waals surface area contributed by atoms with Gasteiger partial charge in [0.05, 0.1) is 90.6 Å². The van der Waals surface area contributed by atoms with Crippen LogP contribution >= 0.6 is 58.0 Å². The van der Waals surface area contributed by atoms with E-state index in [0.29, 0.717) is 84.5 Å². The fourth-order valence-electron chi connectivity index (χ4n) is 12.1. The first kappa shape index (κ1) is 83.6. The van der Waals surface area contributed by atoms with E-state index in [-0.39, 0.29) is 62.0 Å². The van der Waals surface area contributed by atoms with E-state index in [1.807, 2.05) is 87.5 Å². The van der Waals surface area contributed by atoms with Gasteiger partial charge in [0.15, 0.2) is 0 Å². The molecule has 36 heteroatoms. The first-order valence-corrected chi connectivity index (χ1v) is 38.9. The molecule has 0 aromatic carbocycles. The monoisotopic (exact) mass is 1640 g/mol. The molecule has 20 N–H and O–H groups in total. The maximum absolute atomic E-state index is 6.29. The van der Waals surface area contributed by atoms with Crippen LogP contribution in [0.15, 0.2) is 133 Å². The lowest BCUT2D eigenvalue weighted by atomic mass is 9.85. The Morgan fingerprint density at radius 3 is 1.23 bits per heavy atom. The second-order valence-corrected chi connectivity index (χ2v) is 30.2. The fourth-order valence-corrected chi connectivity index (χ4v) is 12.9. The zero-order chi connectivity index (χ0) is 80.3. The van der Waals surface area contributed by atoms with Crippen LogP contribution in [0.3, 0.4) is 0 Å². The van der Waals surface area contributed by atoms with Crippen LogP contribution in [-0.4, -0.2) is 110 Å². The molecule has 0 bridgehead atoms. The number of furan rings is 4. The number of H-pyrrole nitrogens is 5. The topological polar surface area (TPSA) is 477 Å². The van der Waals surface area contributed by atoms with Crippen LogP contribution in [0.5, 0.6) is 0 Å².